The highest BCUT2D eigenvalue weighted by Gasteiger charge is 2.38. The van der Waals surface area contributed by atoms with Crippen LogP contribution in [0, 0.1) is 17.7 Å². The monoisotopic (exact) mass is 468 g/mol. The fraction of sp³-hybridized carbons (Fsp3) is 0.720. The molecule has 0 aromatic heterocycles. The summed E-state index contributed by atoms with van der Waals surface area (Å²) in [5.41, 5.74) is 0.748. The minimum Gasteiger partial charge on any atom is -0.550 e. The first-order chi connectivity index (χ1) is 15.0. The summed E-state index contributed by atoms with van der Waals surface area (Å²) < 4.78 is 20.6. The minimum atomic E-state index is -1.10. The van der Waals surface area contributed by atoms with Crippen molar-refractivity contribution in [1.29, 1.82) is 0 Å². The maximum Gasteiger partial charge on any atom is 0.142 e. The molecule has 4 N–H and O–H groups in total. The van der Waals surface area contributed by atoms with E-state index >= 15 is 0 Å². The lowest BCUT2D eigenvalue weighted by atomic mass is 9.89. The molecule has 0 bridgehead atoms. The van der Waals surface area contributed by atoms with E-state index in [-0.39, 0.29) is 29.7 Å². The van der Waals surface area contributed by atoms with Crippen LogP contribution in [0.1, 0.15) is 82.3 Å². The molecule has 0 unspecified atom stereocenters. The lowest BCUT2D eigenvalue weighted by molar-refractivity contribution is -0.308. The van der Waals surface area contributed by atoms with E-state index < -0.39 is 17.9 Å². The Morgan fingerprint density at radius 1 is 1.03 bits per heavy atom. The number of aliphatic carboxylic acids is 1. The number of carbonyl (C=O) groups is 1. The molecule has 0 spiro atoms. The molecule has 1 saturated heterocycles. The van der Waals surface area contributed by atoms with E-state index in [1.807, 2.05) is 6.07 Å². The molecule has 1 heterocycles. The van der Waals surface area contributed by atoms with Crippen LogP contribution in [0.2, 0.25) is 5.02 Å². The Kier molecular flexibility index (Phi) is 9.35. The molecule has 0 amide bonds. The molecule has 3 aliphatic rings. The third-order valence-electron chi connectivity index (χ3n) is 7.54. The first kappa shape index (κ1) is 25.4. The van der Waals surface area contributed by atoms with Crippen molar-refractivity contribution in [1.82, 2.24) is 11.1 Å². The number of benzene rings is 1. The van der Waals surface area contributed by atoms with Crippen molar-refractivity contribution in [2.24, 2.45) is 11.8 Å². The summed E-state index contributed by atoms with van der Waals surface area (Å²) in [5, 5.41) is 11.3. The van der Waals surface area contributed by atoms with Crippen LogP contribution < -0.4 is 11.3 Å². The molecule has 3 fully saturated rings. The van der Waals surface area contributed by atoms with Crippen LogP contribution in [0.25, 0.3) is 0 Å². The van der Waals surface area contributed by atoms with E-state index in [0.717, 1.165) is 25.1 Å². The maximum absolute atomic E-state index is 14.3. The Morgan fingerprint density at radius 2 is 1.62 bits per heavy atom. The van der Waals surface area contributed by atoms with Crippen molar-refractivity contribution in [3.8, 4) is 0 Å². The Morgan fingerprint density at radius 3 is 2.16 bits per heavy atom. The SMILES string of the molecule is O=C([O-])C[C@@H]1CC[C@@H](N(CC2CCCC2)CC2CCCC2)[C@H](c2ccc(Cl)c(F)c2)O1.[NH4+]. The van der Waals surface area contributed by atoms with Gasteiger partial charge in [-0.1, -0.05) is 43.4 Å². The Balaban J connectivity index is 0.00000289. The number of hydrogen-bond donors (Lipinski definition) is 1. The number of carboxylic acids is 1. The third kappa shape index (κ3) is 6.43. The first-order valence-electron chi connectivity index (χ1n) is 12.0. The van der Waals surface area contributed by atoms with Crippen molar-refractivity contribution in [3.05, 3.63) is 34.6 Å². The second-order valence-corrected chi connectivity index (χ2v) is 10.2. The van der Waals surface area contributed by atoms with Crippen molar-refractivity contribution in [2.45, 2.75) is 88.9 Å². The number of hydrogen-bond acceptors (Lipinski definition) is 4. The fourth-order valence-electron chi connectivity index (χ4n) is 5.97. The summed E-state index contributed by atoms with van der Waals surface area (Å²) in [4.78, 5) is 13.8. The number of ether oxygens (including phenoxy) is 1. The molecular weight excluding hydrogens is 431 g/mol. The predicted octanol–water partition coefficient (Wildman–Crippen LogP) is 5.27. The van der Waals surface area contributed by atoms with Crippen LogP contribution in [-0.4, -0.2) is 36.1 Å². The summed E-state index contributed by atoms with van der Waals surface area (Å²) >= 11 is 5.93. The smallest absolute Gasteiger partial charge is 0.142 e. The summed E-state index contributed by atoms with van der Waals surface area (Å²) in [6, 6.07) is 4.99. The normalized spacial score (nSPS) is 27.0. The topological polar surface area (TPSA) is 89.1 Å². The molecule has 3 atom stereocenters. The van der Waals surface area contributed by atoms with E-state index in [1.54, 1.807) is 6.07 Å². The van der Waals surface area contributed by atoms with Gasteiger partial charge in [-0.25, -0.2) is 4.39 Å². The van der Waals surface area contributed by atoms with Gasteiger partial charge in [-0.2, -0.15) is 0 Å². The van der Waals surface area contributed by atoms with Crippen molar-refractivity contribution in [3.63, 3.8) is 0 Å². The average Bonchev–Trinajstić information content (AvgIpc) is 3.43. The molecule has 1 aromatic carbocycles. The van der Waals surface area contributed by atoms with Crippen LogP contribution in [0.15, 0.2) is 18.2 Å². The highest BCUT2D eigenvalue weighted by Crippen LogP contribution is 2.39. The molecule has 4 rings (SSSR count). The number of carbonyl (C=O) groups excluding carboxylic acids is 1. The van der Waals surface area contributed by atoms with Crippen LogP contribution in [-0.2, 0) is 9.53 Å². The van der Waals surface area contributed by atoms with Gasteiger partial charge in [0, 0.05) is 31.5 Å². The fourth-order valence-corrected chi connectivity index (χ4v) is 6.09. The van der Waals surface area contributed by atoms with Crippen molar-refractivity contribution >= 4 is 17.6 Å². The number of nitrogens with zero attached hydrogens (tertiary/aromatic N) is 1. The van der Waals surface area contributed by atoms with Gasteiger partial charge in [0.2, 0.25) is 0 Å². The molecule has 2 saturated carbocycles. The third-order valence-corrected chi connectivity index (χ3v) is 7.85. The zero-order valence-electron chi connectivity index (χ0n) is 19.2. The van der Waals surface area contributed by atoms with Gasteiger partial charge >= 0.3 is 0 Å². The standard InChI is InChI=1S/C25H35ClFNO3.H3N/c26-21-11-9-19(13-22(21)27)25-23(12-10-20(31-25)14-24(29)30)28(15-17-5-1-2-6-17)16-18-7-3-4-8-18;/h9,11,13,17-18,20,23,25H,1-8,10,12,14-16H2,(H,29,30);1H3/t20-,23+,25-;/m0./s1. The summed E-state index contributed by atoms with van der Waals surface area (Å²) in [6.07, 6.45) is 11.0. The second-order valence-electron chi connectivity index (χ2n) is 9.83. The van der Waals surface area contributed by atoms with Gasteiger partial charge in [0.15, 0.2) is 0 Å². The Hall–Kier alpha value is -1.21. The van der Waals surface area contributed by atoms with E-state index in [2.05, 4.69) is 4.90 Å². The maximum atomic E-state index is 14.3. The Bertz CT molecular complexity index is 735. The number of halogens is 2. The molecule has 32 heavy (non-hydrogen) atoms. The predicted molar refractivity (Wildman–Crippen MR) is 123 cm³/mol. The highest BCUT2D eigenvalue weighted by molar-refractivity contribution is 6.30. The van der Waals surface area contributed by atoms with E-state index in [9.17, 15) is 14.3 Å². The van der Waals surface area contributed by atoms with Gasteiger partial charge < -0.3 is 20.8 Å². The van der Waals surface area contributed by atoms with Crippen molar-refractivity contribution < 1.29 is 19.0 Å². The molecule has 0 radical (unpaired) electrons. The quantitative estimate of drug-likeness (QED) is 0.563. The van der Waals surface area contributed by atoms with Gasteiger partial charge in [0.1, 0.15) is 5.82 Å². The van der Waals surface area contributed by atoms with Crippen LogP contribution >= 0.6 is 11.6 Å². The molecular formula is C25H38ClFN2O3. The largest absolute Gasteiger partial charge is 0.550 e. The Labute approximate surface area is 196 Å². The highest BCUT2D eigenvalue weighted by atomic mass is 35.5. The zero-order valence-corrected chi connectivity index (χ0v) is 20.0. The molecule has 2 aliphatic carbocycles. The van der Waals surface area contributed by atoms with Crippen LogP contribution in [0.4, 0.5) is 4.39 Å². The van der Waals surface area contributed by atoms with Gasteiger partial charge in [0.05, 0.1) is 17.2 Å². The summed E-state index contributed by atoms with van der Waals surface area (Å²) in [6.45, 7) is 2.12. The average molecular weight is 469 g/mol. The molecule has 1 aromatic rings. The van der Waals surface area contributed by atoms with E-state index in [1.165, 1.54) is 57.4 Å². The van der Waals surface area contributed by atoms with Gasteiger partial charge in [-0.05, 0) is 68.1 Å². The minimum absolute atomic E-state index is 0. The lowest BCUT2D eigenvalue weighted by Gasteiger charge is -2.44. The zero-order chi connectivity index (χ0) is 21.8. The van der Waals surface area contributed by atoms with Crippen molar-refractivity contribution in [2.75, 3.05) is 13.1 Å². The van der Waals surface area contributed by atoms with E-state index in [0.29, 0.717) is 18.3 Å². The molecule has 1 aliphatic heterocycles. The second kappa shape index (κ2) is 11.8. The number of quaternary nitrogens is 1. The van der Waals surface area contributed by atoms with Crippen LogP contribution in [0.5, 0.6) is 0 Å². The van der Waals surface area contributed by atoms with Gasteiger partial charge in [-0.15, -0.1) is 0 Å². The van der Waals surface area contributed by atoms with Gasteiger partial charge in [0.25, 0.3) is 0 Å². The summed E-state index contributed by atoms with van der Waals surface area (Å²) in [7, 11) is 0. The molecule has 180 valence electrons. The first-order valence-corrected chi connectivity index (χ1v) is 12.4. The van der Waals surface area contributed by atoms with E-state index in [4.69, 9.17) is 16.3 Å². The molecule has 5 nitrogen and oxygen atoms in total. The molecule has 7 heteroatoms. The summed E-state index contributed by atoms with van der Waals surface area (Å²) in [5.74, 6) is -0.130. The van der Waals surface area contributed by atoms with Gasteiger partial charge in [-0.3, -0.25) is 4.90 Å². The number of rotatable bonds is 8. The van der Waals surface area contributed by atoms with Crippen LogP contribution in [0.3, 0.4) is 0 Å². The number of carboxylic acid groups (broad SMARTS) is 1. The lowest BCUT2D eigenvalue weighted by Crippen LogP contribution is -2.49.